The number of phenolic OH excluding ortho intramolecular Hbond substituents is 1. The molecule has 0 heterocycles. The van der Waals surface area contributed by atoms with Crippen molar-refractivity contribution in [2.24, 2.45) is 5.92 Å². The summed E-state index contributed by atoms with van der Waals surface area (Å²) < 4.78 is 0. The fourth-order valence-corrected chi connectivity index (χ4v) is 2.55. The van der Waals surface area contributed by atoms with Gasteiger partial charge in [0.2, 0.25) is 0 Å². The van der Waals surface area contributed by atoms with Gasteiger partial charge in [-0.3, -0.25) is 0 Å². The standard InChI is InChI=1S/C14H21NO2/c1-10(12-6-2-3-7-14(12)17)15-9-11-5-4-8-13(11)16/h2-3,6-7,10-11,13,15-17H,4-5,8-9H2,1H3. The van der Waals surface area contributed by atoms with E-state index in [9.17, 15) is 10.2 Å². The fourth-order valence-electron chi connectivity index (χ4n) is 2.55. The van der Waals surface area contributed by atoms with Crippen LogP contribution in [0.3, 0.4) is 0 Å². The Morgan fingerprint density at radius 3 is 2.76 bits per heavy atom. The van der Waals surface area contributed by atoms with Crippen LogP contribution < -0.4 is 5.32 Å². The highest BCUT2D eigenvalue weighted by Gasteiger charge is 2.25. The molecule has 1 aliphatic rings. The molecule has 3 heteroatoms. The Bertz CT molecular complexity index is 367. The van der Waals surface area contributed by atoms with Crippen molar-refractivity contribution < 1.29 is 10.2 Å². The molecule has 0 spiro atoms. The fraction of sp³-hybridized carbons (Fsp3) is 0.571. The van der Waals surface area contributed by atoms with Gasteiger partial charge in [-0.15, -0.1) is 0 Å². The molecule has 1 aromatic rings. The lowest BCUT2D eigenvalue weighted by Crippen LogP contribution is -2.29. The second kappa shape index (κ2) is 5.52. The van der Waals surface area contributed by atoms with E-state index in [4.69, 9.17) is 0 Å². The van der Waals surface area contributed by atoms with Gasteiger partial charge in [0.05, 0.1) is 6.10 Å². The van der Waals surface area contributed by atoms with E-state index in [1.807, 2.05) is 25.1 Å². The van der Waals surface area contributed by atoms with Crippen molar-refractivity contribution in [3.63, 3.8) is 0 Å². The third-order valence-electron chi connectivity index (χ3n) is 3.71. The summed E-state index contributed by atoms with van der Waals surface area (Å²) in [4.78, 5) is 0. The highest BCUT2D eigenvalue weighted by atomic mass is 16.3. The van der Waals surface area contributed by atoms with Gasteiger partial charge >= 0.3 is 0 Å². The number of benzene rings is 1. The van der Waals surface area contributed by atoms with Crippen molar-refractivity contribution in [3.8, 4) is 5.75 Å². The van der Waals surface area contributed by atoms with E-state index in [0.29, 0.717) is 11.7 Å². The topological polar surface area (TPSA) is 52.5 Å². The van der Waals surface area contributed by atoms with Crippen LogP contribution in [0.2, 0.25) is 0 Å². The third kappa shape index (κ3) is 2.99. The van der Waals surface area contributed by atoms with E-state index >= 15 is 0 Å². The van der Waals surface area contributed by atoms with Crippen LogP contribution in [0, 0.1) is 5.92 Å². The van der Waals surface area contributed by atoms with Gasteiger partial charge in [0.25, 0.3) is 0 Å². The molecule has 0 aliphatic heterocycles. The number of hydrogen-bond donors (Lipinski definition) is 3. The van der Waals surface area contributed by atoms with Crippen LogP contribution in [-0.2, 0) is 0 Å². The zero-order valence-electron chi connectivity index (χ0n) is 10.3. The van der Waals surface area contributed by atoms with Crippen LogP contribution in [0.25, 0.3) is 0 Å². The number of hydrogen-bond acceptors (Lipinski definition) is 3. The van der Waals surface area contributed by atoms with Crippen LogP contribution in [-0.4, -0.2) is 22.9 Å². The van der Waals surface area contributed by atoms with E-state index in [1.54, 1.807) is 6.07 Å². The Labute approximate surface area is 102 Å². The van der Waals surface area contributed by atoms with Gasteiger partial charge < -0.3 is 15.5 Å². The molecule has 1 aliphatic carbocycles. The van der Waals surface area contributed by atoms with Gasteiger partial charge in [-0.05, 0) is 31.7 Å². The SMILES string of the molecule is CC(NCC1CCCC1O)c1ccccc1O. The van der Waals surface area contributed by atoms with Crippen LogP contribution in [0.1, 0.15) is 37.8 Å². The molecule has 94 valence electrons. The molecule has 0 bridgehead atoms. The van der Waals surface area contributed by atoms with Gasteiger partial charge in [0.1, 0.15) is 5.75 Å². The summed E-state index contributed by atoms with van der Waals surface area (Å²) in [5, 5.41) is 22.9. The molecular weight excluding hydrogens is 214 g/mol. The molecule has 1 aromatic carbocycles. The Balaban J connectivity index is 1.89. The molecule has 17 heavy (non-hydrogen) atoms. The van der Waals surface area contributed by atoms with Gasteiger partial charge in [0, 0.05) is 18.2 Å². The van der Waals surface area contributed by atoms with Crippen molar-refractivity contribution in [1.82, 2.24) is 5.32 Å². The van der Waals surface area contributed by atoms with Crippen LogP contribution in [0.15, 0.2) is 24.3 Å². The molecular formula is C14H21NO2. The largest absolute Gasteiger partial charge is 0.508 e. The van der Waals surface area contributed by atoms with Crippen molar-refractivity contribution in [3.05, 3.63) is 29.8 Å². The maximum absolute atomic E-state index is 9.74. The zero-order chi connectivity index (χ0) is 12.3. The molecule has 1 saturated carbocycles. The summed E-state index contributed by atoms with van der Waals surface area (Å²) in [6.07, 6.45) is 3.00. The maximum atomic E-state index is 9.74. The Morgan fingerprint density at radius 1 is 1.35 bits per heavy atom. The van der Waals surface area contributed by atoms with Crippen molar-refractivity contribution in [1.29, 1.82) is 0 Å². The summed E-state index contributed by atoms with van der Waals surface area (Å²) in [5.74, 6) is 0.697. The number of nitrogens with one attached hydrogen (secondary N) is 1. The summed E-state index contributed by atoms with van der Waals surface area (Å²) in [6, 6.07) is 7.50. The third-order valence-corrected chi connectivity index (χ3v) is 3.71. The van der Waals surface area contributed by atoms with E-state index in [2.05, 4.69) is 5.32 Å². The van der Waals surface area contributed by atoms with E-state index in [-0.39, 0.29) is 12.1 Å². The van der Waals surface area contributed by atoms with Crippen LogP contribution >= 0.6 is 0 Å². The lowest BCUT2D eigenvalue weighted by atomic mass is 10.0. The molecule has 0 radical (unpaired) electrons. The van der Waals surface area contributed by atoms with Crippen LogP contribution in [0.5, 0.6) is 5.75 Å². The smallest absolute Gasteiger partial charge is 0.120 e. The number of aromatic hydroxyl groups is 1. The first-order valence-electron chi connectivity index (χ1n) is 6.38. The van der Waals surface area contributed by atoms with Gasteiger partial charge in [0.15, 0.2) is 0 Å². The van der Waals surface area contributed by atoms with Crippen molar-refractivity contribution in [2.75, 3.05) is 6.54 Å². The molecule has 3 nitrogen and oxygen atoms in total. The molecule has 2 rings (SSSR count). The minimum atomic E-state index is -0.154. The normalized spacial score (nSPS) is 26.0. The van der Waals surface area contributed by atoms with Gasteiger partial charge in [-0.1, -0.05) is 24.6 Å². The second-order valence-corrected chi connectivity index (χ2v) is 4.95. The Hall–Kier alpha value is -1.06. The highest BCUT2D eigenvalue weighted by Crippen LogP contribution is 2.27. The first-order valence-corrected chi connectivity index (χ1v) is 6.38. The predicted molar refractivity (Wildman–Crippen MR) is 67.9 cm³/mol. The average Bonchev–Trinajstić information content (AvgIpc) is 2.72. The molecule has 3 atom stereocenters. The molecule has 3 N–H and O–H groups in total. The molecule has 3 unspecified atom stereocenters. The van der Waals surface area contributed by atoms with E-state index in [1.165, 1.54) is 0 Å². The number of aliphatic hydroxyl groups excluding tert-OH is 1. The summed E-state index contributed by atoms with van der Waals surface area (Å²) in [7, 11) is 0. The lowest BCUT2D eigenvalue weighted by Gasteiger charge is -2.20. The molecule has 0 saturated heterocycles. The average molecular weight is 235 g/mol. The monoisotopic (exact) mass is 235 g/mol. The Morgan fingerprint density at radius 2 is 2.12 bits per heavy atom. The summed E-state index contributed by atoms with van der Waals surface area (Å²) in [6.45, 7) is 2.85. The minimum absolute atomic E-state index is 0.115. The maximum Gasteiger partial charge on any atom is 0.120 e. The lowest BCUT2D eigenvalue weighted by molar-refractivity contribution is 0.130. The number of para-hydroxylation sites is 1. The number of rotatable bonds is 4. The molecule has 1 fully saturated rings. The van der Waals surface area contributed by atoms with Gasteiger partial charge in [-0.2, -0.15) is 0 Å². The van der Waals surface area contributed by atoms with Crippen LogP contribution in [0.4, 0.5) is 0 Å². The van der Waals surface area contributed by atoms with Gasteiger partial charge in [-0.25, -0.2) is 0 Å². The van der Waals surface area contributed by atoms with Crippen molar-refractivity contribution >= 4 is 0 Å². The zero-order valence-corrected chi connectivity index (χ0v) is 10.3. The first kappa shape index (κ1) is 12.4. The highest BCUT2D eigenvalue weighted by molar-refractivity contribution is 5.34. The number of aliphatic hydroxyl groups is 1. The number of phenols is 1. The second-order valence-electron chi connectivity index (χ2n) is 4.95. The minimum Gasteiger partial charge on any atom is -0.508 e. The Kier molecular flexibility index (Phi) is 4.02. The summed E-state index contributed by atoms with van der Waals surface area (Å²) >= 11 is 0. The molecule has 0 aromatic heterocycles. The van der Waals surface area contributed by atoms with E-state index < -0.39 is 0 Å². The first-order chi connectivity index (χ1) is 8.18. The van der Waals surface area contributed by atoms with Crippen molar-refractivity contribution in [2.45, 2.75) is 38.3 Å². The molecule has 0 amide bonds. The quantitative estimate of drug-likeness (QED) is 0.750. The predicted octanol–water partition coefficient (Wildman–Crippen LogP) is 2.20. The van der Waals surface area contributed by atoms with E-state index in [0.717, 1.165) is 31.4 Å². The summed E-state index contributed by atoms with van der Waals surface area (Å²) in [5.41, 5.74) is 0.917.